The summed E-state index contributed by atoms with van der Waals surface area (Å²) in [4.78, 5) is 0. The first-order valence-electron chi connectivity index (χ1n) is 4.83. The smallest absolute Gasteiger partial charge is 0.122 e. The van der Waals surface area contributed by atoms with Crippen molar-refractivity contribution in [3.8, 4) is 6.07 Å². The lowest BCUT2D eigenvalue weighted by molar-refractivity contribution is 0.723. The molecule has 2 rings (SSSR count). The van der Waals surface area contributed by atoms with Crippen LogP contribution in [0, 0.1) is 11.3 Å². The van der Waals surface area contributed by atoms with Crippen molar-refractivity contribution in [2.75, 3.05) is 5.01 Å². The molecule has 4 heteroatoms. The van der Waals surface area contributed by atoms with Gasteiger partial charge in [-0.25, -0.2) is 0 Å². The number of benzene rings is 1. The molecule has 0 saturated carbocycles. The topological polar surface area (TPSA) is 65.4 Å². The van der Waals surface area contributed by atoms with Crippen LogP contribution in [0.1, 0.15) is 18.9 Å². The van der Waals surface area contributed by atoms with Crippen molar-refractivity contribution in [1.82, 2.24) is 0 Å². The van der Waals surface area contributed by atoms with E-state index in [-0.39, 0.29) is 6.04 Å². The second kappa shape index (κ2) is 3.62. The van der Waals surface area contributed by atoms with E-state index in [1.54, 1.807) is 12.1 Å². The zero-order valence-electron chi connectivity index (χ0n) is 8.51. The third-order valence-corrected chi connectivity index (χ3v) is 2.42. The summed E-state index contributed by atoms with van der Waals surface area (Å²) in [6.07, 6.45) is 0.792. The van der Waals surface area contributed by atoms with E-state index in [0.717, 1.165) is 12.1 Å². The molecule has 0 radical (unpaired) electrons. The zero-order chi connectivity index (χ0) is 10.8. The van der Waals surface area contributed by atoms with Gasteiger partial charge in [0.1, 0.15) is 5.84 Å². The van der Waals surface area contributed by atoms with Crippen molar-refractivity contribution in [2.45, 2.75) is 19.4 Å². The third kappa shape index (κ3) is 1.77. The van der Waals surface area contributed by atoms with E-state index in [0.29, 0.717) is 11.4 Å². The van der Waals surface area contributed by atoms with Crippen molar-refractivity contribution >= 4 is 11.5 Å². The van der Waals surface area contributed by atoms with E-state index in [1.165, 1.54) is 0 Å². The Balaban J connectivity index is 2.27. The van der Waals surface area contributed by atoms with Gasteiger partial charge in [0.05, 0.1) is 23.4 Å². The minimum Gasteiger partial charge on any atom is -0.386 e. The van der Waals surface area contributed by atoms with Gasteiger partial charge < -0.3 is 5.73 Å². The van der Waals surface area contributed by atoms with Gasteiger partial charge in [-0.05, 0) is 31.2 Å². The number of rotatable bonds is 1. The Hall–Kier alpha value is -2.02. The molecule has 0 amide bonds. The maximum Gasteiger partial charge on any atom is 0.122 e. The molecule has 0 bridgehead atoms. The highest BCUT2D eigenvalue weighted by molar-refractivity contribution is 5.84. The molecule has 1 aromatic carbocycles. The zero-order valence-corrected chi connectivity index (χ0v) is 8.51. The number of hydrogen-bond donors (Lipinski definition) is 1. The van der Waals surface area contributed by atoms with Gasteiger partial charge in [-0.15, -0.1) is 0 Å². The highest BCUT2D eigenvalue weighted by Crippen LogP contribution is 2.23. The lowest BCUT2D eigenvalue weighted by Crippen LogP contribution is -2.22. The van der Waals surface area contributed by atoms with E-state index >= 15 is 0 Å². The molecule has 1 aromatic rings. The summed E-state index contributed by atoms with van der Waals surface area (Å²) in [5, 5.41) is 14.8. The molecule has 15 heavy (non-hydrogen) atoms. The molecule has 2 N–H and O–H groups in total. The second-order valence-corrected chi connectivity index (χ2v) is 3.65. The van der Waals surface area contributed by atoms with Crippen LogP contribution in [0.25, 0.3) is 0 Å². The van der Waals surface area contributed by atoms with Crippen molar-refractivity contribution in [3.63, 3.8) is 0 Å². The van der Waals surface area contributed by atoms with Crippen LogP contribution >= 0.6 is 0 Å². The Morgan fingerprint density at radius 3 is 2.60 bits per heavy atom. The minimum atomic E-state index is 0.290. The van der Waals surface area contributed by atoms with E-state index < -0.39 is 0 Å². The number of nitrogens with two attached hydrogens (primary N) is 1. The number of anilines is 1. The Kier molecular flexibility index (Phi) is 2.30. The maximum atomic E-state index is 8.68. The first-order valence-corrected chi connectivity index (χ1v) is 4.83. The van der Waals surface area contributed by atoms with Crippen LogP contribution in [0.2, 0.25) is 0 Å². The Morgan fingerprint density at radius 1 is 1.47 bits per heavy atom. The fourth-order valence-corrected chi connectivity index (χ4v) is 1.67. The molecular weight excluding hydrogens is 188 g/mol. The monoisotopic (exact) mass is 200 g/mol. The Bertz CT molecular complexity index is 427. The molecule has 1 aliphatic heterocycles. The molecule has 4 nitrogen and oxygen atoms in total. The van der Waals surface area contributed by atoms with Gasteiger partial charge in [0.2, 0.25) is 0 Å². The van der Waals surface area contributed by atoms with Crippen LogP contribution < -0.4 is 10.7 Å². The van der Waals surface area contributed by atoms with Crippen LogP contribution in [0.3, 0.4) is 0 Å². The Labute approximate surface area is 88.6 Å². The fourth-order valence-electron chi connectivity index (χ4n) is 1.67. The lowest BCUT2D eigenvalue weighted by atomic mass is 10.2. The van der Waals surface area contributed by atoms with Gasteiger partial charge in [-0.2, -0.15) is 10.4 Å². The van der Waals surface area contributed by atoms with Crippen LogP contribution in [-0.2, 0) is 0 Å². The molecule has 1 unspecified atom stereocenters. The summed E-state index contributed by atoms with van der Waals surface area (Å²) in [5.41, 5.74) is 7.29. The lowest BCUT2D eigenvalue weighted by Gasteiger charge is -2.19. The summed E-state index contributed by atoms with van der Waals surface area (Å²) in [6.45, 7) is 2.07. The molecule has 1 heterocycles. The number of hydrazone groups is 1. The van der Waals surface area contributed by atoms with Crippen molar-refractivity contribution in [1.29, 1.82) is 5.26 Å². The quantitative estimate of drug-likeness (QED) is 0.745. The van der Waals surface area contributed by atoms with Crippen LogP contribution in [0.4, 0.5) is 5.69 Å². The fraction of sp³-hybridized carbons (Fsp3) is 0.273. The first-order chi connectivity index (χ1) is 7.20. The third-order valence-electron chi connectivity index (χ3n) is 2.42. The number of amidine groups is 1. The summed E-state index contributed by atoms with van der Waals surface area (Å²) < 4.78 is 0. The number of nitrogens with zero attached hydrogens (tertiary/aromatic N) is 3. The van der Waals surface area contributed by atoms with E-state index in [4.69, 9.17) is 11.0 Å². The predicted octanol–water partition coefficient (Wildman–Crippen LogP) is 1.43. The average molecular weight is 200 g/mol. The minimum absolute atomic E-state index is 0.290. The van der Waals surface area contributed by atoms with E-state index in [9.17, 15) is 0 Å². The predicted molar refractivity (Wildman–Crippen MR) is 59.3 cm³/mol. The highest BCUT2D eigenvalue weighted by Gasteiger charge is 2.21. The van der Waals surface area contributed by atoms with Crippen LogP contribution in [0.15, 0.2) is 29.4 Å². The normalized spacial score (nSPS) is 19.9. The summed E-state index contributed by atoms with van der Waals surface area (Å²) in [7, 11) is 0. The van der Waals surface area contributed by atoms with E-state index in [2.05, 4.69) is 18.1 Å². The second-order valence-electron chi connectivity index (χ2n) is 3.65. The standard InChI is InChI=1S/C11H12N4/c1-8-6-11(13)14-15(8)10-4-2-9(7-12)3-5-10/h2-5,8H,6H2,1H3,(H2,13,14). The molecule has 0 spiro atoms. The molecular formula is C11H12N4. The van der Waals surface area contributed by atoms with Gasteiger partial charge in [-0.3, -0.25) is 5.01 Å². The van der Waals surface area contributed by atoms with Crippen molar-refractivity contribution < 1.29 is 0 Å². The van der Waals surface area contributed by atoms with E-state index in [1.807, 2.05) is 17.1 Å². The van der Waals surface area contributed by atoms with Gasteiger partial charge in [0, 0.05) is 6.42 Å². The summed E-state index contributed by atoms with van der Waals surface area (Å²) in [6, 6.07) is 9.72. The Morgan fingerprint density at radius 2 is 2.13 bits per heavy atom. The number of nitriles is 1. The van der Waals surface area contributed by atoms with Gasteiger partial charge >= 0.3 is 0 Å². The van der Waals surface area contributed by atoms with Crippen LogP contribution in [0.5, 0.6) is 0 Å². The first kappa shape index (κ1) is 9.53. The van der Waals surface area contributed by atoms with Crippen molar-refractivity contribution in [3.05, 3.63) is 29.8 Å². The highest BCUT2D eigenvalue weighted by atomic mass is 15.5. The largest absolute Gasteiger partial charge is 0.386 e. The molecule has 1 atom stereocenters. The van der Waals surface area contributed by atoms with Gasteiger partial charge in [0.15, 0.2) is 0 Å². The molecule has 1 aliphatic rings. The summed E-state index contributed by atoms with van der Waals surface area (Å²) >= 11 is 0. The van der Waals surface area contributed by atoms with Gasteiger partial charge in [-0.1, -0.05) is 0 Å². The molecule has 0 saturated heterocycles. The van der Waals surface area contributed by atoms with Crippen molar-refractivity contribution in [2.24, 2.45) is 10.8 Å². The summed E-state index contributed by atoms with van der Waals surface area (Å²) in [5.74, 6) is 0.659. The SMILES string of the molecule is CC1CC(N)=NN1c1ccc(C#N)cc1. The maximum absolute atomic E-state index is 8.68. The molecule has 0 aliphatic carbocycles. The van der Waals surface area contributed by atoms with Crippen LogP contribution in [-0.4, -0.2) is 11.9 Å². The van der Waals surface area contributed by atoms with Gasteiger partial charge in [0.25, 0.3) is 0 Å². The average Bonchev–Trinajstić information content (AvgIpc) is 2.58. The number of hydrogen-bond acceptors (Lipinski definition) is 4. The molecule has 76 valence electrons. The molecule has 0 fully saturated rings. The molecule has 0 aromatic heterocycles.